The number of para-hydroxylation sites is 1. The molecule has 2 heterocycles. The molecule has 0 aliphatic carbocycles. The average Bonchev–Trinajstić information content (AvgIpc) is 3.38. The summed E-state index contributed by atoms with van der Waals surface area (Å²) in [5.41, 5.74) is 11.3. The Morgan fingerprint density at radius 1 is 0.875 bits per heavy atom. The van der Waals surface area contributed by atoms with Crippen LogP contribution in [0.25, 0.3) is 0 Å². The third kappa shape index (κ3) is 4.32. The van der Waals surface area contributed by atoms with Crippen LogP contribution in [0.4, 0.5) is 5.69 Å². The summed E-state index contributed by atoms with van der Waals surface area (Å²) in [7, 11) is 0. The van der Waals surface area contributed by atoms with E-state index in [4.69, 9.17) is 16.9 Å². The molecule has 0 saturated carbocycles. The highest BCUT2D eigenvalue weighted by Gasteiger charge is 2.72. The van der Waals surface area contributed by atoms with Gasteiger partial charge < -0.3 is 16.6 Å². The van der Waals surface area contributed by atoms with Crippen molar-refractivity contribution in [1.29, 1.82) is 5.41 Å². The lowest BCUT2D eigenvalue weighted by molar-refractivity contribution is -0.156. The van der Waals surface area contributed by atoms with Crippen molar-refractivity contribution >= 4 is 35.2 Å². The smallest absolute Gasteiger partial charge is 0.325 e. The van der Waals surface area contributed by atoms with E-state index in [0.29, 0.717) is 22.4 Å². The number of carbonyl (C=O) groups is 4. The number of carboxylic acid groups (broad SMARTS) is 1. The zero-order valence-electron chi connectivity index (χ0n) is 21.6. The van der Waals surface area contributed by atoms with Gasteiger partial charge in [-0.05, 0) is 23.3 Å². The molecule has 3 aromatic rings. The van der Waals surface area contributed by atoms with Gasteiger partial charge in [0, 0.05) is 31.0 Å². The number of fused-ring (bicyclic) bond motifs is 1. The predicted molar refractivity (Wildman–Crippen MR) is 147 cm³/mol. The topological polar surface area (TPSA) is 171 Å². The van der Waals surface area contributed by atoms with Gasteiger partial charge in [0.1, 0.15) is 11.4 Å². The first kappa shape index (κ1) is 26.8. The van der Waals surface area contributed by atoms with Crippen molar-refractivity contribution < 1.29 is 24.3 Å². The molecule has 4 atom stereocenters. The molecular weight excluding hydrogens is 510 g/mol. The van der Waals surface area contributed by atoms with E-state index in [1.165, 1.54) is 0 Å². The molecule has 0 radical (unpaired) electrons. The number of rotatable bonds is 9. The fraction of sp³-hybridized carbons (Fsp3) is 0.233. The molecule has 40 heavy (non-hydrogen) atoms. The van der Waals surface area contributed by atoms with Crippen molar-refractivity contribution in [2.24, 2.45) is 23.3 Å². The fourth-order valence-electron chi connectivity index (χ4n) is 6.23. The predicted octanol–water partition coefficient (Wildman–Crippen LogP) is 2.07. The minimum absolute atomic E-state index is 0.0766. The molecule has 0 bridgehead atoms. The molecule has 2 aliphatic rings. The quantitative estimate of drug-likeness (QED) is 0.183. The summed E-state index contributed by atoms with van der Waals surface area (Å²) in [6.07, 6.45) is -0.247. The molecule has 0 aromatic heterocycles. The van der Waals surface area contributed by atoms with E-state index in [1.54, 1.807) is 89.8 Å². The van der Waals surface area contributed by atoms with Crippen LogP contribution in [0.3, 0.4) is 0 Å². The van der Waals surface area contributed by atoms with Crippen LogP contribution in [-0.4, -0.2) is 51.6 Å². The third-order valence-corrected chi connectivity index (χ3v) is 7.92. The second-order valence-electron chi connectivity index (χ2n) is 10.1. The Kier molecular flexibility index (Phi) is 6.95. The molecule has 3 aromatic carbocycles. The number of likely N-dealkylation sites (tertiary alicyclic amines) is 1. The fourth-order valence-corrected chi connectivity index (χ4v) is 6.23. The van der Waals surface area contributed by atoms with Gasteiger partial charge in [-0.2, -0.15) is 0 Å². The van der Waals surface area contributed by atoms with Crippen molar-refractivity contribution in [2.45, 2.75) is 24.4 Å². The first-order chi connectivity index (χ1) is 19.2. The maximum absolute atomic E-state index is 14.2. The number of nitrogen functional groups attached to an aromatic ring is 1. The number of aliphatic carboxylic acids is 1. The molecule has 4 unspecified atom stereocenters. The van der Waals surface area contributed by atoms with Crippen molar-refractivity contribution in [3.63, 3.8) is 0 Å². The van der Waals surface area contributed by atoms with Crippen LogP contribution >= 0.6 is 0 Å². The number of nitrogens with two attached hydrogens (primary N) is 2. The SMILES string of the molecule is N=C(N)c1ccc(C2C3C(=O)N(c4ccccc4)C(=O)C3C(Cc3ccccc3)(C(=O)O)N2CCC(N)=O)cc1. The van der Waals surface area contributed by atoms with Crippen LogP contribution in [-0.2, 0) is 25.6 Å². The van der Waals surface area contributed by atoms with Gasteiger partial charge in [0.05, 0.1) is 17.5 Å². The molecule has 3 amide bonds. The molecule has 204 valence electrons. The highest BCUT2D eigenvalue weighted by molar-refractivity contribution is 6.24. The minimum Gasteiger partial charge on any atom is -0.480 e. The zero-order chi connectivity index (χ0) is 28.6. The molecular formula is C30H29N5O5. The summed E-state index contributed by atoms with van der Waals surface area (Å²) in [4.78, 5) is 56.4. The van der Waals surface area contributed by atoms with Gasteiger partial charge in [0.2, 0.25) is 17.7 Å². The maximum Gasteiger partial charge on any atom is 0.325 e. The van der Waals surface area contributed by atoms with Crippen LogP contribution in [0.1, 0.15) is 29.2 Å². The normalized spacial score (nSPS) is 24.2. The summed E-state index contributed by atoms with van der Waals surface area (Å²) in [6, 6.07) is 23.1. The summed E-state index contributed by atoms with van der Waals surface area (Å²) < 4.78 is 0. The number of primary amides is 1. The summed E-state index contributed by atoms with van der Waals surface area (Å²) in [6.45, 7) is -0.0769. The Bertz CT molecular complexity index is 1480. The Morgan fingerprint density at radius 2 is 1.48 bits per heavy atom. The lowest BCUT2D eigenvalue weighted by Crippen LogP contribution is -2.59. The Morgan fingerprint density at radius 3 is 2.02 bits per heavy atom. The molecule has 10 nitrogen and oxygen atoms in total. The number of amidine groups is 1. The number of hydrogen-bond donors (Lipinski definition) is 4. The molecule has 6 N–H and O–H groups in total. The monoisotopic (exact) mass is 539 g/mol. The van der Waals surface area contributed by atoms with Gasteiger partial charge >= 0.3 is 5.97 Å². The first-order valence-corrected chi connectivity index (χ1v) is 12.9. The largest absolute Gasteiger partial charge is 0.480 e. The van der Waals surface area contributed by atoms with Crippen LogP contribution < -0.4 is 16.4 Å². The maximum atomic E-state index is 14.2. The van der Waals surface area contributed by atoms with Gasteiger partial charge in [0.15, 0.2) is 0 Å². The molecule has 2 saturated heterocycles. The van der Waals surface area contributed by atoms with Gasteiger partial charge in [-0.15, -0.1) is 0 Å². The molecule has 10 heteroatoms. The van der Waals surface area contributed by atoms with E-state index in [1.807, 2.05) is 0 Å². The van der Waals surface area contributed by atoms with Gasteiger partial charge in [-0.25, -0.2) is 4.90 Å². The third-order valence-electron chi connectivity index (χ3n) is 7.92. The number of nitrogens with one attached hydrogen (secondary N) is 1. The lowest BCUT2D eigenvalue weighted by Gasteiger charge is -2.41. The number of anilines is 1. The average molecular weight is 540 g/mol. The number of nitrogens with zero attached hydrogens (tertiary/aromatic N) is 2. The van der Waals surface area contributed by atoms with Crippen LogP contribution in [0.15, 0.2) is 84.9 Å². The van der Waals surface area contributed by atoms with Gasteiger partial charge in [0.25, 0.3) is 0 Å². The number of imide groups is 1. The standard InChI is InChI=1S/C30H29N5O5/c31-22(36)15-16-34-25(19-11-13-20(14-12-19)26(32)33)23-24(28(38)35(27(23)37)21-9-5-2-6-10-21)30(34,29(39)40)17-18-7-3-1-4-8-18/h1-14,23-25H,15-17H2,(H2,31,36)(H3,32,33)(H,39,40). The second kappa shape index (κ2) is 10.4. The first-order valence-electron chi connectivity index (χ1n) is 12.9. The van der Waals surface area contributed by atoms with E-state index in [2.05, 4.69) is 0 Å². The Labute approximate surface area is 230 Å². The minimum atomic E-state index is -1.86. The van der Waals surface area contributed by atoms with Crippen molar-refractivity contribution in [3.8, 4) is 0 Å². The van der Waals surface area contributed by atoms with Crippen molar-refractivity contribution in [3.05, 3.63) is 102 Å². The highest BCUT2D eigenvalue weighted by atomic mass is 16.4. The summed E-state index contributed by atoms with van der Waals surface area (Å²) in [5.74, 6) is -5.46. The molecule has 5 rings (SSSR count). The van der Waals surface area contributed by atoms with Gasteiger partial charge in [-0.3, -0.25) is 29.5 Å². The van der Waals surface area contributed by atoms with E-state index in [-0.39, 0.29) is 25.2 Å². The Hall–Kier alpha value is -4.83. The summed E-state index contributed by atoms with van der Waals surface area (Å²) in [5, 5.41) is 18.7. The van der Waals surface area contributed by atoms with Crippen LogP contribution in [0, 0.1) is 17.2 Å². The van der Waals surface area contributed by atoms with E-state index in [0.717, 1.165) is 4.90 Å². The highest BCUT2D eigenvalue weighted by Crippen LogP contribution is 2.56. The van der Waals surface area contributed by atoms with E-state index in [9.17, 15) is 24.3 Å². The summed E-state index contributed by atoms with van der Waals surface area (Å²) >= 11 is 0. The lowest BCUT2D eigenvalue weighted by atomic mass is 9.75. The van der Waals surface area contributed by atoms with Crippen LogP contribution in [0.5, 0.6) is 0 Å². The van der Waals surface area contributed by atoms with Crippen molar-refractivity contribution in [1.82, 2.24) is 4.90 Å². The Balaban J connectivity index is 1.74. The number of carboxylic acids is 1. The molecule has 2 aliphatic heterocycles. The van der Waals surface area contributed by atoms with Gasteiger partial charge in [-0.1, -0.05) is 72.8 Å². The van der Waals surface area contributed by atoms with E-state index < -0.39 is 47.1 Å². The molecule has 2 fully saturated rings. The molecule has 0 spiro atoms. The number of benzene rings is 3. The second-order valence-corrected chi connectivity index (χ2v) is 10.1. The zero-order valence-corrected chi connectivity index (χ0v) is 21.6. The number of carbonyl (C=O) groups excluding carboxylic acids is 3. The number of amides is 3. The van der Waals surface area contributed by atoms with Crippen molar-refractivity contribution in [2.75, 3.05) is 11.4 Å². The van der Waals surface area contributed by atoms with Crippen LogP contribution in [0.2, 0.25) is 0 Å². The van der Waals surface area contributed by atoms with E-state index >= 15 is 0 Å². The number of hydrogen-bond acceptors (Lipinski definition) is 6.